The molecule has 3 rings (SSSR count). The standard InChI is InChI=1S/C19H26N2O2.ClH/c1-19(2,13-22)18(21-9-7-20-8-10-21)16-4-3-15-12-17(23)6-5-14(15)11-16;/h3-6,11-12,18,20,22-23H,7-10,13H2,1-2H3;1H/t18-;/m1./s1. The predicted octanol–water partition coefficient (Wildman–Crippen LogP) is 2.93. The second-order valence-electron chi connectivity index (χ2n) is 7.13. The molecule has 1 aliphatic rings. The van der Waals surface area contributed by atoms with Gasteiger partial charge < -0.3 is 15.5 Å². The Morgan fingerprint density at radius 1 is 1.08 bits per heavy atom. The van der Waals surface area contributed by atoms with E-state index in [1.54, 1.807) is 12.1 Å². The molecule has 0 unspecified atom stereocenters. The molecule has 2 aromatic rings. The van der Waals surface area contributed by atoms with Crippen LogP contribution in [0.15, 0.2) is 36.4 Å². The molecule has 0 bridgehead atoms. The minimum Gasteiger partial charge on any atom is -0.508 e. The van der Waals surface area contributed by atoms with E-state index in [1.165, 1.54) is 5.56 Å². The van der Waals surface area contributed by atoms with E-state index in [9.17, 15) is 10.2 Å². The molecule has 1 saturated heterocycles. The van der Waals surface area contributed by atoms with Crippen LogP contribution in [0.25, 0.3) is 10.8 Å². The van der Waals surface area contributed by atoms with E-state index in [0.29, 0.717) is 5.75 Å². The fourth-order valence-corrected chi connectivity index (χ4v) is 3.60. The summed E-state index contributed by atoms with van der Waals surface area (Å²) >= 11 is 0. The molecular weight excluding hydrogens is 324 g/mol. The average molecular weight is 351 g/mol. The van der Waals surface area contributed by atoms with Gasteiger partial charge in [0, 0.05) is 44.2 Å². The van der Waals surface area contributed by atoms with Gasteiger partial charge in [-0.05, 0) is 34.5 Å². The quantitative estimate of drug-likeness (QED) is 0.793. The third-order valence-electron chi connectivity index (χ3n) is 4.83. The molecule has 1 fully saturated rings. The normalized spacial score (nSPS) is 17.5. The maximum absolute atomic E-state index is 9.93. The van der Waals surface area contributed by atoms with Gasteiger partial charge in [0.15, 0.2) is 0 Å². The van der Waals surface area contributed by atoms with Crippen LogP contribution in [0.3, 0.4) is 0 Å². The van der Waals surface area contributed by atoms with E-state index in [4.69, 9.17) is 0 Å². The first kappa shape index (κ1) is 19.0. The van der Waals surface area contributed by atoms with Crippen molar-refractivity contribution in [1.82, 2.24) is 10.2 Å². The van der Waals surface area contributed by atoms with E-state index < -0.39 is 0 Å². The molecular formula is C19H27ClN2O2. The lowest BCUT2D eigenvalue weighted by Gasteiger charge is -2.43. The molecule has 0 spiro atoms. The second kappa shape index (κ2) is 7.70. The van der Waals surface area contributed by atoms with Crippen LogP contribution in [-0.2, 0) is 0 Å². The first-order chi connectivity index (χ1) is 11.0. The number of nitrogens with one attached hydrogen (secondary N) is 1. The summed E-state index contributed by atoms with van der Waals surface area (Å²) in [4.78, 5) is 2.47. The number of hydrogen-bond donors (Lipinski definition) is 3. The first-order valence-electron chi connectivity index (χ1n) is 8.29. The van der Waals surface area contributed by atoms with Crippen LogP contribution in [-0.4, -0.2) is 47.9 Å². The summed E-state index contributed by atoms with van der Waals surface area (Å²) in [5.41, 5.74) is 1.01. The summed E-state index contributed by atoms with van der Waals surface area (Å²) in [6, 6.07) is 12.0. The van der Waals surface area contributed by atoms with Crippen LogP contribution in [0, 0.1) is 5.41 Å². The predicted molar refractivity (Wildman–Crippen MR) is 101 cm³/mol. The van der Waals surface area contributed by atoms with Crippen LogP contribution in [0.2, 0.25) is 0 Å². The first-order valence-corrected chi connectivity index (χ1v) is 8.29. The largest absolute Gasteiger partial charge is 0.508 e. The molecule has 4 nitrogen and oxygen atoms in total. The zero-order valence-electron chi connectivity index (χ0n) is 14.3. The highest BCUT2D eigenvalue weighted by Gasteiger charge is 2.35. The average Bonchev–Trinajstić information content (AvgIpc) is 2.56. The molecule has 24 heavy (non-hydrogen) atoms. The molecule has 0 aliphatic carbocycles. The highest BCUT2D eigenvalue weighted by atomic mass is 35.5. The highest BCUT2D eigenvalue weighted by Crippen LogP contribution is 2.39. The lowest BCUT2D eigenvalue weighted by Crippen LogP contribution is -2.49. The van der Waals surface area contributed by atoms with Gasteiger partial charge in [-0.3, -0.25) is 4.90 Å². The number of aliphatic hydroxyl groups excluding tert-OH is 1. The van der Waals surface area contributed by atoms with Gasteiger partial charge in [0.1, 0.15) is 5.75 Å². The number of halogens is 1. The summed E-state index contributed by atoms with van der Waals surface area (Å²) in [6.07, 6.45) is 0. The maximum Gasteiger partial charge on any atom is 0.116 e. The number of piperazine rings is 1. The number of aliphatic hydroxyl groups is 1. The number of benzene rings is 2. The van der Waals surface area contributed by atoms with Gasteiger partial charge in [0.05, 0.1) is 0 Å². The molecule has 1 aliphatic heterocycles. The zero-order valence-corrected chi connectivity index (χ0v) is 15.1. The van der Waals surface area contributed by atoms with E-state index in [0.717, 1.165) is 37.0 Å². The van der Waals surface area contributed by atoms with Gasteiger partial charge in [-0.25, -0.2) is 0 Å². The molecule has 2 aromatic carbocycles. The van der Waals surface area contributed by atoms with Crippen molar-refractivity contribution < 1.29 is 10.2 Å². The summed E-state index contributed by atoms with van der Waals surface area (Å²) in [5.74, 6) is 0.291. The van der Waals surface area contributed by atoms with E-state index in [-0.39, 0.29) is 30.5 Å². The van der Waals surface area contributed by atoms with Gasteiger partial charge >= 0.3 is 0 Å². The highest BCUT2D eigenvalue weighted by molar-refractivity contribution is 5.85. The van der Waals surface area contributed by atoms with E-state index >= 15 is 0 Å². The number of aromatic hydroxyl groups is 1. The fraction of sp³-hybridized carbons (Fsp3) is 0.474. The molecule has 3 N–H and O–H groups in total. The van der Waals surface area contributed by atoms with Crippen molar-refractivity contribution in [3.63, 3.8) is 0 Å². The minimum atomic E-state index is -0.220. The number of rotatable bonds is 4. The Balaban J connectivity index is 0.00000208. The molecule has 0 radical (unpaired) electrons. The van der Waals surface area contributed by atoms with Crippen LogP contribution in [0.1, 0.15) is 25.5 Å². The minimum absolute atomic E-state index is 0. The van der Waals surface area contributed by atoms with Crippen molar-refractivity contribution in [2.24, 2.45) is 5.41 Å². The molecule has 5 heteroatoms. The molecule has 0 saturated carbocycles. The van der Waals surface area contributed by atoms with Gasteiger partial charge in [-0.2, -0.15) is 0 Å². The van der Waals surface area contributed by atoms with Crippen molar-refractivity contribution in [2.45, 2.75) is 19.9 Å². The number of phenols is 1. The molecule has 0 amide bonds. The maximum atomic E-state index is 9.93. The van der Waals surface area contributed by atoms with Crippen LogP contribution >= 0.6 is 12.4 Å². The number of phenolic OH excluding ortho intramolecular Hbond substituents is 1. The van der Waals surface area contributed by atoms with E-state index in [2.05, 4.69) is 42.3 Å². The van der Waals surface area contributed by atoms with Gasteiger partial charge in [0.25, 0.3) is 0 Å². The van der Waals surface area contributed by atoms with Crippen molar-refractivity contribution in [3.8, 4) is 5.75 Å². The smallest absolute Gasteiger partial charge is 0.116 e. The second-order valence-corrected chi connectivity index (χ2v) is 7.13. The lowest BCUT2D eigenvalue weighted by molar-refractivity contribution is 0.0306. The summed E-state index contributed by atoms with van der Waals surface area (Å²) in [5, 5.41) is 25.1. The Bertz CT molecular complexity index is 684. The molecule has 0 aromatic heterocycles. The third kappa shape index (κ3) is 3.83. The zero-order chi connectivity index (χ0) is 16.4. The Kier molecular flexibility index (Phi) is 6.10. The number of hydrogen-bond acceptors (Lipinski definition) is 4. The molecule has 1 heterocycles. The van der Waals surface area contributed by atoms with Gasteiger partial charge in [0.2, 0.25) is 0 Å². The van der Waals surface area contributed by atoms with Crippen molar-refractivity contribution >= 4 is 23.2 Å². The number of nitrogens with zero attached hydrogens (tertiary/aromatic N) is 1. The molecule has 132 valence electrons. The summed E-state index contributed by atoms with van der Waals surface area (Å²) in [6.45, 7) is 8.35. The Hall–Kier alpha value is -1.33. The van der Waals surface area contributed by atoms with Crippen molar-refractivity contribution in [2.75, 3.05) is 32.8 Å². The topological polar surface area (TPSA) is 55.7 Å². The molecule has 1 atom stereocenters. The van der Waals surface area contributed by atoms with Crippen molar-refractivity contribution in [1.29, 1.82) is 0 Å². The Morgan fingerprint density at radius 3 is 2.38 bits per heavy atom. The third-order valence-corrected chi connectivity index (χ3v) is 4.83. The summed E-state index contributed by atoms with van der Waals surface area (Å²) in [7, 11) is 0. The van der Waals surface area contributed by atoms with Gasteiger partial charge in [-0.1, -0.05) is 32.0 Å². The van der Waals surface area contributed by atoms with E-state index in [1.807, 2.05) is 6.07 Å². The van der Waals surface area contributed by atoms with Crippen LogP contribution in [0.4, 0.5) is 0 Å². The Morgan fingerprint density at radius 2 is 1.71 bits per heavy atom. The number of fused-ring (bicyclic) bond motifs is 1. The van der Waals surface area contributed by atoms with Crippen LogP contribution in [0.5, 0.6) is 5.75 Å². The SMILES string of the molecule is CC(C)(CO)[C@@H](c1ccc2cc(O)ccc2c1)N1CCNCC1.Cl. The summed E-state index contributed by atoms with van der Waals surface area (Å²) < 4.78 is 0. The fourth-order valence-electron chi connectivity index (χ4n) is 3.60. The Labute approximate surface area is 149 Å². The monoisotopic (exact) mass is 350 g/mol. The van der Waals surface area contributed by atoms with Gasteiger partial charge in [-0.15, -0.1) is 12.4 Å². The van der Waals surface area contributed by atoms with Crippen LogP contribution < -0.4 is 5.32 Å². The van der Waals surface area contributed by atoms with Crippen molar-refractivity contribution in [3.05, 3.63) is 42.0 Å². The lowest BCUT2D eigenvalue weighted by atomic mass is 9.79.